The number of aliphatic hydroxyl groups excluding tert-OH is 1. The summed E-state index contributed by atoms with van der Waals surface area (Å²) in [6, 6.07) is 3.93. The molecule has 1 aliphatic rings. The van der Waals surface area contributed by atoms with Gasteiger partial charge in [0.1, 0.15) is 0 Å². The summed E-state index contributed by atoms with van der Waals surface area (Å²) < 4.78 is 31.8. The summed E-state index contributed by atoms with van der Waals surface area (Å²) in [5.41, 5.74) is 0.359. The van der Waals surface area contributed by atoms with Crippen molar-refractivity contribution in [3.05, 3.63) is 35.4 Å². The van der Waals surface area contributed by atoms with Gasteiger partial charge in [-0.2, -0.15) is 0 Å². The lowest BCUT2D eigenvalue weighted by Gasteiger charge is -2.42. The highest BCUT2D eigenvalue weighted by Gasteiger charge is 2.32. The van der Waals surface area contributed by atoms with Gasteiger partial charge in [0.15, 0.2) is 11.6 Å². The first kappa shape index (κ1) is 14.4. The summed E-state index contributed by atoms with van der Waals surface area (Å²) in [7, 11) is 0. The van der Waals surface area contributed by atoms with Crippen LogP contribution in [-0.4, -0.2) is 41.4 Å². The zero-order valence-corrected chi connectivity index (χ0v) is 11.2. The molecule has 106 valence electrons. The Morgan fingerprint density at radius 1 is 1.37 bits per heavy atom. The number of ether oxygens (including phenoxy) is 1. The molecule has 1 N–H and O–H groups in total. The molecular formula is C14H19F2NO2. The van der Waals surface area contributed by atoms with Crippen LogP contribution in [0.15, 0.2) is 18.2 Å². The van der Waals surface area contributed by atoms with Crippen LogP contribution in [0.2, 0.25) is 0 Å². The summed E-state index contributed by atoms with van der Waals surface area (Å²) >= 11 is 0. The molecule has 1 unspecified atom stereocenters. The Morgan fingerprint density at radius 2 is 2.11 bits per heavy atom. The first-order valence-corrected chi connectivity index (χ1v) is 6.34. The van der Waals surface area contributed by atoms with Crippen LogP contribution in [-0.2, 0) is 11.3 Å². The molecule has 0 spiro atoms. The van der Waals surface area contributed by atoms with Gasteiger partial charge in [0, 0.05) is 19.6 Å². The molecule has 0 saturated carbocycles. The van der Waals surface area contributed by atoms with Crippen molar-refractivity contribution < 1.29 is 18.6 Å². The summed E-state index contributed by atoms with van der Waals surface area (Å²) in [6.45, 7) is 5.64. The van der Waals surface area contributed by atoms with E-state index in [2.05, 4.69) is 4.90 Å². The van der Waals surface area contributed by atoms with Crippen molar-refractivity contribution in [2.75, 3.05) is 19.7 Å². The van der Waals surface area contributed by atoms with Gasteiger partial charge in [0.05, 0.1) is 18.3 Å². The van der Waals surface area contributed by atoms with Gasteiger partial charge in [-0.1, -0.05) is 6.07 Å². The number of morpholine rings is 1. The monoisotopic (exact) mass is 271 g/mol. The van der Waals surface area contributed by atoms with E-state index in [1.165, 1.54) is 6.07 Å². The van der Waals surface area contributed by atoms with Crippen LogP contribution in [0.25, 0.3) is 0 Å². The average molecular weight is 271 g/mol. The number of benzene rings is 1. The zero-order valence-electron chi connectivity index (χ0n) is 11.2. The minimum absolute atomic E-state index is 0.0439. The minimum atomic E-state index is -0.834. The number of halogens is 2. The smallest absolute Gasteiger partial charge is 0.159 e. The molecule has 0 aromatic heterocycles. The summed E-state index contributed by atoms with van der Waals surface area (Å²) in [5, 5.41) is 9.23. The van der Waals surface area contributed by atoms with Gasteiger partial charge >= 0.3 is 0 Å². The van der Waals surface area contributed by atoms with E-state index in [4.69, 9.17) is 4.74 Å². The normalized spacial score (nSPS) is 23.5. The third-order valence-corrected chi connectivity index (χ3v) is 3.15. The van der Waals surface area contributed by atoms with Gasteiger partial charge in [-0.15, -0.1) is 0 Å². The van der Waals surface area contributed by atoms with Gasteiger partial charge in [0.25, 0.3) is 0 Å². The lowest BCUT2D eigenvalue weighted by atomic mass is 10.0. The zero-order chi connectivity index (χ0) is 14.0. The maximum Gasteiger partial charge on any atom is 0.159 e. The Bertz CT molecular complexity index is 451. The van der Waals surface area contributed by atoms with E-state index in [9.17, 15) is 13.9 Å². The predicted molar refractivity (Wildman–Crippen MR) is 67.7 cm³/mol. The second-order valence-electron chi connectivity index (χ2n) is 5.60. The molecule has 5 heteroatoms. The summed E-state index contributed by atoms with van der Waals surface area (Å²) in [4.78, 5) is 2.08. The molecule has 0 bridgehead atoms. The van der Waals surface area contributed by atoms with E-state index in [-0.39, 0.29) is 18.3 Å². The van der Waals surface area contributed by atoms with Crippen molar-refractivity contribution >= 4 is 0 Å². The van der Waals surface area contributed by atoms with Crippen molar-refractivity contribution in [3.8, 4) is 0 Å². The van der Waals surface area contributed by atoms with Gasteiger partial charge in [0.2, 0.25) is 0 Å². The third kappa shape index (κ3) is 3.72. The van der Waals surface area contributed by atoms with Crippen molar-refractivity contribution in [1.29, 1.82) is 0 Å². The molecule has 1 aliphatic heterocycles. The molecule has 1 fully saturated rings. The lowest BCUT2D eigenvalue weighted by Crippen LogP contribution is -2.53. The van der Waals surface area contributed by atoms with Crippen LogP contribution in [0.5, 0.6) is 0 Å². The fraction of sp³-hybridized carbons (Fsp3) is 0.571. The highest BCUT2D eigenvalue weighted by atomic mass is 19.2. The number of nitrogens with zero attached hydrogens (tertiary/aromatic N) is 1. The van der Waals surface area contributed by atoms with Gasteiger partial charge in [-0.25, -0.2) is 8.78 Å². The molecule has 0 radical (unpaired) electrons. The van der Waals surface area contributed by atoms with Crippen LogP contribution in [0.3, 0.4) is 0 Å². The number of hydrogen-bond acceptors (Lipinski definition) is 3. The third-order valence-electron chi connectivity index (χ3n) is 3.15. The van der Waals surface area contributed by atoms with E-state index in [0.717, 1.165) is 6.07 Å². The van der Waals surface area contributed by atoms with Crippen LogP contribution in [0, 0.1) is 11.6 Å². The van der Waals surface area contributed by atoms with Crippen molar-refractivity contribution in [2.24, 2.45) is 0 Å². The molecule has 1 aromatic rings. The molecule has 2 rings (SSSR count). The van der Waals surface area contributed by atoms with Crippen molar-refractivity contribution in [2.45, 2.75) is 32.1 Å². The molecule has 1 atom stereocenters. The Labute approximate surface area is 111 Å². The van der Waals surface area contributed by atoms with E-state index >= 15 is 0 Å². The summed E-state index contributed by atoms with van der Waals surface area (Å²) in [6.07, 6.45) is -0.242. The fourth-order valence-corrected chi connectivity index (χ4v) is 2.53. The standard InChI is InChI=1S/C14H19F2NO2/c1-14(2)9-17(7-11(8-18)19-14)6-10-3-4-12(15)13(16)5-10/h3-5,11,18H,6-9H2,1-2H3. The SMILES string of the molecule is CC1(C)CN(Cc2ccc(F)c(F)c2)CC(CO)O1. The second-order valence-corrected chi connectivity index (χ2v) is 5.60. The number of rotatable bonds is 3. The van der Waals surface area contributed by atoms with E-state index in [1.54, 1.807) is 6.07 Å². The number of hydrogen-bond donors (Lipinski definition) is 1. The first-order valence-electron chi connectivity index (χ1n) is 6.34. The van der Waals surface area contributed by atoms with Crippen molar-refractivity contribution in [3.63, 3.8) is 0 Å². The van der Waals surface area contributed by atoms with Crippen LogP contribution < -0.4 is 0 Å². The molecule has 1 aromatic carbocycles. The topological polar surface area (TPSA) is 32.7 Å². The minimum Gasteiger partial charge on any atom is -0.394 e. The van der Waals surface area contributed by atoms with Gasteiger partial charge in [-0.05, 0) is 31.5 Å². The Hall–Kier alpha value is -1.04. The predicted octanol–water partition coefficient (Wildman–Crippen LogP) is 1.94. The Morgan fingerprint density at radius 3 is 2.74 bits per heavy atom. The van der Waals surface area contributed by atoms with E-state index in [1.807, 2.05) is 13.8 Å². The first-order chi connectivity index (χ1) is 8.89. The second kappa shape index (κ2) is 5.53. The highest BCUT2D eigenvalue weighted by Crippen LogP contribution is 2.22. The maximum atomic E-state index is 13.2. The van der Waals surface area contributed by atoms with Crippen LogP contribution >= 0.6 is 0 Å². The van der Waals surface area contributed by atoms with Crippen LogP contribution in [0.4, 0.5) is 8.78 Å². The molecule has 19 heavy (non-hydrogen) atoms. The molecule has 1 heterocycles. The Kier molecular flexibility index (Phi) is 4.18. The highest BCUT2D eigenvalue weighted by molar-refractivity contribution is 5.17. The quantitative estimate of drug-likeness (QED) is 0.912. The molecule has 3 nitrogen and oxygen atoms in total. The average Bonchev–Trinajstić information content (AvgIpc) is 2.32. The maximum absolute atomic E-state index is 13.2. The number of aliphatic hydroxyl groups is 1. The molecule has 0 aliphatic carbocycles. The Balaban J connectivity index is 2.07. The molecular weight excluding hydrogens is 252 g/mol. The van der Waals surface area contributed by atoms with E-state index in [0.29, 0.717) is 25.2 Å². The van der Waals surface area contributed by atoms with Crippen molar-refractivity contribution in [1.82, 2.24) is 4.90 Å². The fourth-order valence-electron chi connectivity index (χ4n) is 2.53. The molecule has 0 amide bonds. The largest absolute Gasteiger partial charge is 0.394 e. The summed E-state index contributed by atoms with van der Waals surface area (Å²) in [5.74, 6) is -1.66. The van der Waals surface area contributed by atoms with Gasteiger partial charge < -0.3 is 9.84 Å². The molecule has 1 saturated heterocycles. The van der Waals surface area contributed by atoms with Crippen LogP contribution in [0.1, 0.15) is 19.4 Å². The lowest BCUT2D eigenvalue weighted by molar-refractivity contribution is -0.150. The van der Waals surface area contributed by atoms with Gasteiger partial charge in [-0.3, -0.25) is 4.90 Å². The van der Waals surface area contributed by atoms with E-state index < -0.39 is 11.6 Å².